The predicted molar refractivity (Wildman–Crippen MR) is 63.5 cm³/mol. The maximum absolute atomic E-state index is 2.30. The number of aryl methyl sites for hydroxylation is 2. The van der Waals surface area contributed by atoms with Crippen molar-refractivity contribution in [3.8, 4) is 0 Å². The summed E-state index contributed by atoms with van der Waals surface area (Å²) < 4.78 is 2.27. The first-order chi connectivity index (χ1) is 7.16. The topological polar surface area (TPSA) is 8.17 Å². The van der Waals surface area contributed by atoms with Crippen molar-refractivity contribution in [1.82, 2.24) is 9.29 Å². The molecule has 0 saturated carbocycles. The number of hydrogen-bond donors (Lipinski definition) is 0. The maximum Gasteiger partial charge on any atom is 0.396 e. The lowest BCUT2D eigenvalue weighted by Gasteiger charge is -2.27. The molecule has 0 amide bonds. The van der Waals surface area contributed by atoms with Gasteiger partial charge in [-0.2, -0.15) is 0 Å². The van der Waals surface area contributed by atoms with Gasteiger partial charge in [0.1, 0.15) is 0 Å². The Balaban J connectivity index is 2.18. The van der Waals surface area contributed by atoms with Crippen LogP contribution in [-0.4, -0.2) is 23.4 Å². The third-order valence-corrected chi connectivity index (χ3v) is 3.30. The zero-order valence-corrected chi connectivity index (χ0v) is 9.41. The molecular weight excluding hydrogens is 183 g/mol. The van der Waals surface area contributed by atoms with Gasteiger partial charge in [-0.1, -0.05) is 6.08 Å². The van der Waals surface area contributed by atoms with E-state index in [1.807, 2.05) is 0 Å². The molecule has 0 N–H and O–H groups in total. The molecule has 0 unspecified atom stereocenters. The van der Waals surface area contributed by atoms with Crippen LogP contribution in [0, 0.1) is 13.8 Å². The Morgan fingerprint density at radius 3 is 2.87 bits per heavy atom. The van der Waals surface area contributed by atoms with Crippen molar-refractivity contribution >= 4 is 13.6 Å². The molecule has 0 atom stereocenters. The van der Waals surface area contributed by atoms with Crippen molar-refractivity contribution in [3.05, 3.63) is 40.4 Å². The van der Waals surface area contributed by atoms with Crippen molar-refractivity contribution in [2.45, 2.75) is 20.8 Å². The lowest BCUT2D eigenvalue weighted by molar-refractivity contribution is 0.626. The minimum atomic E-state index is 1.01. The SMILES string of the molecule is CC1=CCN2[B]n3c(C)cc(C)c3C=C12. The zero-order chi connectivity index (χ0) is 10.6. The number of aromatic nitrogens is 1. The second-order valence-corrected chi connectivity index (χ2v) is 4.41. The first-order valence-corrected chi connectivity index (χ1v) is 5.36. The molecule has 0 saturated heterocycles. The smallest absolute Gasteiger partial charge is 0.395 e. The third-order valence-electron chi connectivity index (χ3n) is 3.30. The van der Waals surface area contributed by atoms with Crippen LogP contribution in [0.2, 0.25) is 0 Å². The minimum Gasteiger partial charge on any atom is -0.395 e. The van der Waals surface area contributed by atoms with E-state index in [4.69, 9.17) is 0 Å². The van der Waals surface area contributed by atoms with Gasteiger partial charge in [-0.15, -0.1) is 0 Å². The van der Waals surface area contributed by atoms with E-state index in [-0.39, 0.29) is 0 Å². The van der Waals surface area contributed by atoms with E-state index in [0.717, 1.165) is 6.54 Å². The van der Waals surface area contributed by atoms with Gasteiger partial charge in [0.25, 0.3) is 0 Å². The molecule has 15 heavy (non-hydrogen) atoms. The molecule has 75 valence electrons. The molecule has 1 aromatic rings. The van der Waals surface area contributed by atoms with Crippen molar-refractivity contribution < 1.29 is 0 Å². The van der Waals surface area contributed by atoms with E-state index in [0.29, 0.717) is 0 Å². The summed E-state index contributed by atoms with van der Waals surface area (Å²) in [5, 5.41) is 0. The normalized spacial score (nSPS) is 17.9. The zero-order valence-electron chi connectivity index (χ0n) is 9.41. The summed E-state index contributed by atoms with van der Waals surface area (Å²) in [6, 6.07) is 2.24. The van der Waals surface area contributed by atoms with E-state index in [1.54, 1.807) is 0 Å². The molecule has 0 bridgehead atoms. The van der Waals surface area contributed by atoms with E-state index in [2.05, 4.69) is 55.8 Å². The summed E-state index contributed by atoms with van der Waals surface area (Å²) in [5.41, 5.74) is 6.73. The highest BCUT2D eigenvalue weighted by Gasteiger charge is 2.25. The maximum atomic E-state index is 2.30. The molecule has 1 aromatic heterocycles. The van der Waals surface area contributed by atoms with Gasteiger partial charge in [0, 0.05) is 23.6 Å². The number of allylic oxidation sites excluding steroid dienone is 1. The second-order valence-electron chi connectivity index (χ2n) is 4.41. The number of rotatable bonds is 0. The molecule has 0 spiro atoms. The van der Waals surface area contributed by atoms with Crippen LogP contribution >= 0.6 is 0 Å². The Morgan fingerprint density at radius 2 is 2.07 bits per heavy atom. The Labute approximate surface area is 91.2 Å². The molecular formula is C12H14BN2. The molecule has 2 nitrogen and oxygen atoms in total. The van der Waals surface area contributed by atoms with Gasteiger partial charge < -0.3 is 9.29 Å². The molecule has 2 aliphatic heterocycles. The number of fused-ring (bicyclic) bond motifs is 2. The van der Waals surface area contributed by atoms with Crippen molar-refractivity contribution in [3.63, 3.8) is 0 Å². The van der Waals surface area contributed by atoms with E-state index < -0.39 is 0 Å². The van der Waals surface area contributed by atoms with Crippen molar-refractivity contribution in [2.75, 3.05) is 6.54 Å². The average molecular weight is 197 g/mol. The van der Waals surface area contributed by atoms with Gasteiger partial charge in [0.15, 0.2) is 0 Å². The Kier molecular flexibility index (Phi) is 1.67. The number of nitrogens with zero attached hydrogens (tertiary/aromatic N) is 2. The molecule has 3 heteroatoms. The Morgan fingerprint density at radius 1 is 1.27 bits per heavy atom. The highest BCUT2D eigenvalue weighted by molar-refractivity contribution is 6.33. The van der Waals surface area contributed by atoms with E-state index >= 15 is 0 Å². The molecule has 2 aliphatic rings. The Bertz CT molecular complexity index is 494. The average Bonchev–Trinajstić information content (AvgIpc) is 2.70. The standard InChI is InChI=1S/C12H14BN2/c1-8-4-5-14-11(8)7-12-9(2)6-10(3)15(12)13-14/h4,6-7H,5H2,1-3H3. The van der Waals surface area contributed by atoms with Gasteiger partial charge in [-0.3, -0.25) is 0 Å². The summed E-state index contributed by atoms with van der Waals surface area (Å²) in [6.45, 7) is 7.52. The van der Waals surface area contributed by atoms with Gasteiger partial charge in [-0.05, 0) is 44.1 Å². The van der Waals surface area contributed by atoms with Crippen LogP contribution in [-0.2, 0) is 0 Å². The largest absolute Gasteiger partial charge is 0.396 e. The van der Waals surface area contributed by atoms with Crippen molar-refractivity contribution in [2.24, 2.45) is 0 Å². The fraction of sp³-hybridized carbons (Fsp3) is 0.333. The van der Waals surface area contributed by atoms with Gasteiger partial charge in [0.2, 0.25) is 0 Å². The molecule has 0 fully saturated rings. The first kappa shape index (κ1) is 8.90. The fourth-order valence-electron chi connectivity index (χ4n) is 2.41. The van der Waals surface area contributed by atoms with E-state index in [1.165, 1.54) is 28.2 Å². The second kappa shape index (κ2) is 2.81. The lowest BCUT2D eigenvalue weighted by Crippen LogP contribution is -2.33. The van der Waals surface area contributed by atoms with Crippen LogP contribution in [0.15, 0.2) is 23.4 Å². The van der Waals surface area contributed by atoms with Crippen LogP contribution in [0.25, 0.3) is 6.08 Å². The summed E-state index contributed by atoms with van der Waals surface area (Å²) in [4.78, 5) is 2.30. The van der Waals surface area contributed by atoms with Gasteiger partial charge >= 0.3 is 7.55 Å². The summed E-state index contributed by atoms with van der Waals surface area (Å²) in [6.07, 6.45) is 4.57. The third kappa shape index (κ3) is 1.12. The summed E-state index contributed by atoms with van der Waals surface area (Å²) >= 11 is 0. The van der Waals surface area contributed by atoms with Gasteiger partial charge in [-0.25, -0.2) is 0 Å². The highest BCUT2D eigenvalue weighted by Crippen LogP contribution is 2.30. The fourth-order valence-corrected chi connectivity index (χ4v) is 2.41. The number of hydrogen-bond acceptors (Lipinski definition) is 1. The quantitative estimate of drug-likeness (QED) is 0.578. The van der Waals surface area contributed by atoms with Gasteiger partial charge in [0.05, 0.1) is 0 Å². The Hall–Kier alpha value is -1.38. The molecule has 0 aromatic carbocycles. The molecule has 0 aliphatic carbocycles. The lowest BCUT2D eigenvalue weighted by atomic mass is 9.99. The molecule has 1 radical (unpaired) electrons. The first-order valence-electron chi connectivity index (χ1n) is 5.36. The van der Waals surface area contributed by atoms with Crippen LogP contribution in [0.1, 0.15) is 23.9 Å². The monoisotopic (exact) mass is 197 g/mol. The van der Waals surface area contributed by atoms with Crippen LogP contribution in [0.3, 0.4) is 0 Å². The van der Waals surface area contributed by atoms with E-state index in [9.17, 15) is 0 Å². The highest BCUT2D eigenvalue weighted by atomic mass is 15.2. The van der Waals surface area contributed by atoms with Crippen LogP contribution in [0.5, 0.6) is 0 Å². The van der Waals surface area contributed by atoms with Crippen LogP contribution < -0.4 is 0 Å². The van der Waals surface area contributed by atoms with Crippen LogP contribution in [0.4, 0.5) is 0 Å². The van der Waals surface area contributed by atoms with Crippen molar-refractivity contribution in [1.29, 1.82) is 0 Å². The summed E-state index contributed by atoms with van der Waals surface area (Å²) in [7, 11) is 2.21. The minimum absolute atomic E-state index is 1.01. The predicted octanol–water partition coefficient (Wildman–Crippen LogP) is 2.10. The molecule has 3 heterocycles. The summed E-state index contributed by atoms with van der Waals surface area (Å²) in [5.74, 6) is 0. The molecule has 3 rings (SSSR count).